The lowest BCUT2D eigenvalue weighted by molar-refractivity contribution is -0.124. The van der Waals surface area contributed by atoms with Crippen molar-refractivity contribution in [2.45, 2.75) is 28.5 Å². The van der Waals surface area contributed by atoms with Gasteiger partial charge in [-0.3, -0.25) is 9.59 Å². The first-order valence-corrected chi connectivity index (χ1v) is 9.39. The first kappa shape index (κ1) is 19.3. The van der Waals surface area contributed by atoms with Crippen LogP contribution in [-0.4, -0.2) is 30.7 Å². The van der Waals surface area contributed by atoms with Gasteiger partial charge in [0.2, 0.25) is 9.84 Å². The van der Waals surface area contributed by atoms with Crippen LogP contribution in [0.15, 0.2) is 59.5 Å². The molecule has 2 N–H and O–H groups in total. The average Bonchev–Trinajstić information content (AvgIpc) is 2.61. The summed E-state index contributed by atoms with van der Waals surface area (Å²) in [5.41, 5.74) is 7.42. The van der Waals surface area contributed by atoms with E-state index < -0.39 is 25.9 Å². The van der Waals surface area contributed by atoms with Crippen LogP contribution >= 0.6 is 11.6 Å². The van der Waals surface area contributed by atoms with E-state index in [0.29, 0.717) is 0 Å². The van der Waals surface area contributed by atoms with Crippen LogP contribution in [0, 0.1) is 6.92 Å². The van der Waals surface area contributed by atoms with Gasteiger partial charge in [-0.1, -0.05) is 59.6 Å². The second kappa shape index (κ2) is 7.47. The Balaban J connectivity index is 2.36. The lowest BCUT2D eigenvalue weighted by Crippen LogP contribution is -2.51. The molecule has 2 rings (SSSR count). The summed E-state index contributed by atoms with van der Waals surface area (Å²) in [6.07, 6.45) is 0.0162. The van der Waals surface area contributed by atoms with Crippen molar-refractivity contribution in [3.8, 4) is 0 Å². The van der Waals surface area contributed by atoms with Crippen LogP contribution in [0.4, 0.5) is 0 Å². The molecule has 0 saturated heterocycles. The van der Waals surface area contributed by atoms with Crippen LogP contribution < -0.4 is 5.73 Å². The second-order valence-corrected chi connectivity index (χ2v) is 8.68. The number of aldehydes is 1. The van der Waals surface area contributed by atoms with Crippen LogP contribution in [-0.2, 0) is 25.8 Å². The van der Waals surface area contributed by atoms with Crippen LogP contribution in [0.3, 0.4) is 0 Å². The van der Waals surface area contributed by atoms with Gasteiger partial charge >= 0.3 is 0 Å². The maximum Gasteiger partial charge on any atom is 0.263 e. The average molecular weight is 380 g/mol. The SMILES string of the molecule is Cc1ccc(S(=O)(=O)C(Cl)(C=O)C(=O)[C@@H](N)Cc2ccccc2)cc1. The fourth-order valence-electron chi connectivity index (χ4n) is 2.36. The van der Waals surface area contributed by atoms with Gasteiger partial charge in [-0.25, -0.2) is 8.42 Å². The van der Waals surface area contributed by atoms with Crippen LogP contribution in [0.25, 0.3) is 0 Å². The molecule has 0 bridgehead atoms. The van der Waals surface area contributed by atoms with E-state index in [1.807, 2.05) is 0 Å². The molecule has 0 amide bonds. The molecule has 2 aromatic rings. The number of carbonyl (C=O) groups is 2. The van der Waals surface area contributed by atoms with E-state index in [2.05, 4.69) is 0 Å². The van der Waals surface area contributed by atoms with Gasteiger partial charge in [-0.15, -0.1) is 0 Å². The van der Waals surface area contributed by atoms with Gasteiger partial charge in [0.05, 0.1) is 10.9 Å². The minimum Gasteiger partial charge on any atom is -0.321 e. The predicted octanol–water partition coefficient (Wildman–Crippen LogP) is 2.04. The third-order valence-electron chi connectivity index (χ3n) is 3.85. The fourth-order valence-corrected chi connectivity index (χ4v) is 4.14. The Morgan fingerprint density at radius 2 is 1.72 bits per heavy atom. The van der Waals surface area contributed by atoms with E-state index in [4.69, 9.17) is 17.3 Å². The molecule has 2 aromatic carbocycles. The number of nitrogens with two attached hydrogens (primary N) is 1. The van der Waals surface area contributed by atoms with Crippen molar-refractivity contribution in [1.82, 2.24) is 0 Å². The van der Waals surface area contributed by atoms with Crippen LogP contribution in [0.2, 0.25) is 0 Å². The molecule has 5 nitrogen and oxygen atoms in total. The van der Waals surface area contributed by atoms with Gasteiger partial charge in [0.25, 0.3) is 4.21 Å². The maximum absolute atomic E-state index is 12.8. The van der Waals surface area contributed by atoms with Crippen LogP contribution in [0.5, 0.6) is 0 Å². The molecule has 7 heteroatoms. The zero-order valence-corrected chi connectivity index (χ0v) is 15.1. The molecule has 2 atom stereocenters. The monoisotopic (exact) mass is 379 g/mol. The van der Waals surface area contributed by atoms with Gasteiger partial charge in [0.15, 0.2) is 12.1 Å². The number of rotatable bonds is 7. The Labute approximate surface area is 151 Å². The summed E-state index contributed by atoms with van der Waals surface area (Å²) in [5, 5.41) is 0. The number of sulfone groups is 1. The summed E-state index contributed by atoms with van der Waals surface area (Å²) < 4.78 is 22.8. The lowest BCUT2D eigenvalue weighted by atomic mass is 10.0. The number of carbonyl (C=O) groups excluding carboxylic acids is 2. The van der Waals surface area contributed by atoms with Crippen molar-refractivity contribution >= 4 is 33.5 Å². The molecule has 0 aromatic heterocycles. The number of benzene rings is 2. The molecule has 0 saturated carbocycles. The van der Waals surface area contributed by atoms with Crippen molar-refractivity contribution in [3.63, 3.8) is 0 Å². The van der Waals surface area contributed by atoms with Crippen molar-refractivity contribution < 1.29 is 18.0 Å². The van der Waals surface area contributed by atoms with E-state index in [1.165, 1.54) is 12.1 Å². The Kier molecular flexibility index (Phi) is 5.77. The third-order valence-corrected chi connectivity index (χ3v) is 6.70. The Morgan fingerprint density at radius 1 is 1.16 bits per heavy atom. The lowest BCUT2D eigenvalue weighted by Gasteiger charge is -2.23. The number of hydrogen-bond donors (Lipinski definition) is 1. The maximum atomic E-state index is 12.8. The topological polar surface area (TPSA) is 94.3 Å². The molecule has 0 aliphatic heterocycles. The van der Waals surface area contributed by atoms with Gasteiger partial charge in [0.1, 0.15) is 0 Å². The summed E-state index contributed by atoms with van der Waals surface area (Å²) >= 11 is 6.02. The molecular formula is C18H18ClNO4S. The number of hydrogen-bond acceptors (Lipinski definition) is 5. The first-order chi connectivity index (χ1) is 11.7. The Bertz CT molecular complexity index is 866. The molecule has 0 radical (unpaired) electrons. The standard InChI is InChI=1S/C18H18ClNO4S/c1-13-7-9-15(10-8-13)25(23,24)18(19,12-21)17(22)16(20)11-14-5-3-2-4-6-14/h2-10,12,16H,11,20H2,1H3/t16-,18?/m0/s1. The van der Waals surface area contributed by atoms with Crippen molar-refractivity contribution in [2.24, 2.45) is 5.73 Å². The highest BCUT2D eigenvalue weighted by Crippen LogP contribution is 2.30. The molecule has 1 unspecified atom stereocenters. The first-order valence-electron chi connectivity index (χ1n) is 7.52. The molecule has 0 aliphatic carbocycles. The second-order valence-electron chi connectivity index (χ2n) is 5.74. The summed E-state index contributed by atoms with van der Waals surface area (Å²) in [4.78, 5) is 23.9. The van der Waals surface area contributed by atoms with E-state index in [0.717, 1.165) is 11.1 Å². The third kappa shape index (κ3) is 3.81. The van der Waals surface area contributed by atoms with Crippen LogP contribution in [0.1, 0.15) is 11.1 Å². The summed E-state index contributed by atoms with van der Waals surface area (Å²) in [6.45, 7) is 1.78. The molecule has 132 valence electrons. The molecule has 0 aliphatic rings. The van der Waals surface area contributed by atoms with Crippen molar-refractivity contribution in [1.29, 1.82) is 0 Å². The highest BCUT2D eigenvalue weighted by Gasteiger charge is 2.51. The molecule has 0 fully saturated rings. The summed E-state index contributed by atoms with van der Waals surface area (Å²) in [5.74, 6) is -1.05. The number of aryl methyl sites for hydroxylation is 1. The van der Waals surface area contributed by atoms with E-state index in [-0.39, 0.29) is 17.6 Å². The predicted molar refractivity (Wildman–Crippen MR) is 96.1 cm³/mol. The largest absolute Gasteiger partial charge is 0.321 e. The van der Waals surface area contributed by atoms with Gasteiger partial charge in [-0.2, -0.15) is 0 Å². The van der Waals surface area contributed by atoms with E-state index >= 15 is 0 Å². The molecule has 25 heavy (non-hydrogen) atoms. The van der Waals surface area contributed by atoms with Gasteiger partial charge in [0, 0.05) is 0 Å². The zero-order valence-electron chi connectivity index (χ0n) is 13.6. The zero-order chi connectivity index (χ0) is 18.7. The number of Topliss-reactive ketones (excluding diaryl/α,β-unsaturated/α-hetero) is 1. The highest BCUT2D eigenvalue weighted by atomic mass is 35.5. The van der Waals surface area contributed by atoms with Crippen molar-refractivity contribution in [3.05, 3.63) is 65.7 Å². The summed E-state index contributed by atoms with van der Waals surface area (Å²) in [6, 6.07) is 13.3. The minimum atomic E-state index is -4.44. The molecule has 0 heterocycles. The molecule has 0 spiro atoms. The fraction of sp³-hybridized carbons (Fsp3) is 0.222. The van der Waals surface area contributed by atoms with Gasteiger partial charge < -0.3 is 5.73 Å². The Hall–Kier alpha value is -2.02. The summed E-state index contributed by atoms with van der Waals surface area (Å²) in [7, 11) is -4.44. The van der Waals surface area contributed by atoms with Crippen molar-refractivity contribution in [2.75, 3.05) is 0 Å². The quantitative estimate of drug-likeness (QED) is 0.451. The minimum absolute atomic E-state index is 0.0586. The van der Waals surface area contributed by atoms with E-state index in [9.17, 15) is 18.0 Å². The number of alkyl halides is 1. The Morgan fingerprint density at radius 3 is 2.24 bits per heavy atom. The highest BCUT2D eigenvalue weighted by molar-refractivity contribution is 7.95. The number of halogens is 1. The number of ketones is 1. The van der Waals surface area contributed by atoms with E-state index in [1.54, 1.807) is 49.4 Å². The smallest absolute Gasteiger partial charge is 0.263 e. The van der Waals surface area contributed by atoms with Gasteiger partial charge in [-0.05, 0) is 31.0 Å². The normalized spacial score (nSPS) is 15.2. The molecular weight excluding hydrogens is 362 g/mol.